The van der Waals surface area contributed by atoms with E-state index in [4.69, 9.17) is 0 Å². The summed E-state index contributed by atoms with van der Waals surface area (Å²) in [4.78, 5) is 2.38. The van der Waals surface area contributed by atoms with Crippen molar-refractivity contribution in [3.8, 4) is 0 Å². The third-order valence-corrected chi connectivity index (χ3v) is 4.90. The van der Waals surface area contributed by atoms with Gasteiger partial charge in [-0.25, -0.2) is 0 Å². The average Bonchev–Trinajstić information content (AvgIpc) is 2.45. The average molecular weight is 239 g/mol. The van der Waals surface area contributed by atoms with Gasteiger partial charge in [0.05, 0.1) is 0 Å². The molecule has 0 fully saturated rings. The van der Waals surface area contributed by atoms with Crippen molar-refractivity contribution < 1.29 is 0 Å². The van der Waals surface area contributed by atoms with Crippen LogP contribution in [0.3, 0.4) is 0 Å². The van der Waals surface area contributed by atoms with Gasteiger partial charge in [-0.15, -0.1) is 0 Å². The van der Waals surface area contributed by atoms with Crippen LogP contribution in [-0.4, -0.2) is 7.05 Å². The number of para-hydroxylation sites is 1. The molecule has 1 aliphatic carbocycles. The van der Waals surface area contributed by atoms with E-state index < -0.39 is 0 Å². The van der Waals surface area contributed by atoms with E-state index in [9.17, 15) is 0 Å². The van der Waals surface area contributed by atoms with Gasteiger partial charge in [-0.1, -0.05) is 44.2 Å². The predicted octanol–water partition coefficient (Wildman–Crippen LogP) is 4.26. The third-order valence-electron chi connectivity index (χ3n) is 4.90. The van der Waals surface area contributed by atoms with E-state index in [1.54, 1.807) is 0 Å². The lowest BCUT2D eigenvalue weighted by atomic mass is 9.63. The molecule has 1 aromatic carbocycles. The Kier molecular flexibility index (Phi) is 2.58. The highest BCUT2D eigenvalue weighted by Crippen LogP contribution is 2.51. The van der Waals surface area contributed by atoms with Crippen LogP contribution in [0.5, 0.6) is 0 Å². The van der Waals surface area contributed by atoms with E-state index in [0.29, 0.717) is 5.92 Å². The summed E-state index contributed by atoms with van der Waals surface area (Å²) in [6.45, 7) is 4.74. The fourth-order valence-electron chi connectivity index (χ4n) is 3.56. The first-order valence-corrected chi connectivity index (χ1v) is 6.88. The van der Waals surface area contributed by atoms with Gasteiger partial charge in [0.25, 0.3) is 0 Å². The van der Waals surface area contributed by atoms with Crippen molar-refractivity contribution in [3.63, 3.8) is 0 Å². The monoisotopic (exact) mass is 239 g/mol. The maximum absolute atomic E-state index is 2.43. The highest BCUT2D eigenvalue weighted by atomic mass is 15.1. The van der Waals surface area contributed by atoms with E-state index in [2.05, 4.69) is 68.3 Å². The van der Waals surface area contributed by atoms with Crippen molar-refractivity contribution >= 4 is 5.69 Å². The van der Waals surface area contributed by atoms with E-state index in [-0.39, 0.29) is 5.41 Å². The standard InChI is InChI=1S/C17H21N/c1-4-17(2)13-9-5-7-11-15(13)18(3)16-12-8-6-10-14(16)17/h5-9,11-12,14H,4,10H2,1-3H3. The maximum atomic E-state index is 2.43. The second kappa shape index (κ2) is 4.01. The largest absolute Gasteiger partial charge is 0.348 e. The first-order chi connectivity index (χ1) is 8.68. The van der Waals surface area contributed by atoms with Gasteiger partial charge in [0.2, 0.25) is 0 Å². The summed E-state index contributed by atoms with van der Waals surface area (Å²) in [7, 11) is 2.20. The number of nitrogens with zero attached hydrogens (tertiary/aromatic N) is 1. The van der Waals surface area contributed by atoms with Crippen LogP contribution in [-0.2, 0) is 5.41 Å². The Morgan fingerprint density at radius 1 is 1.33 bits per heavy atom. The molecule has 0 spiro atoms. The van der Waals surface area contributed by atoms with Crippen LogP contribution in [0.2, 0.25) is 0 Å². The van der Waals surface area contributed by atoms with Crippen LogP contribution in [0, 0.1) is 5.92 Å². The lowest BCUT2D eigenvalue weighted by molar-refractivity contribution is 0.306. The lowest BCUT2D eigenvalue weighted by Gasteiger charge is -2.49. The molecule has 2 atom stereocenters. The number of hydrogen-bond donors (Lipinski definition) is 0. The minimum Gasteiger partial charge on any atom is -0.348 e. The molecule has 1 heteroatoms. The molecule has 0 aromatic heterocycles. The zero-order valence-electron chi connectivity index (χ0n) is 11.5. The van der Waals surface area contributed by atoms with Gasteiger partial charge in [-0.2, -0.15) is 0 Å². The smallest absolute Gasteiger partial charge is 0.0444 e. The summed E-state index contributed by atoms with van der Waals surface area (Å²) in [5.41, 5.74) is 4.62. The minimum absolute atomic E-state index is 0.264. The van der Waals surface area contributed by atoms with Gasteiger partial charge in [0, 0.05) is 29.8 Å². The SMILES string of the molecule is CCC1(C)c2ccccc2N(C)C2=CC=CCC21. The molecule has 18 heavy (non-hydrogen) atoms. The Balaban J connectivity index is 2.24. The molecule has 2 aliphatic rings. The van der Waals surface area contributed by atoms with Crippen molar-refractivity contribution in [2.75, 3.05) is 11.9 Å². The number of rotatable bonds is 1. The van der Waals surface area contributed by atoms with Gasteiger partial charge in [0.15, 0.2) is 0 Å². The summed E-state index contributed by atoms with van der Waals surface area (Å²) in [6, 6.07) is 8.88. The number of allylic oxidation sites excluding steroid dienone is 4. The topological polar surface area (TPSA) is 3.24 Å². The van der Waals surface area contributed by atoms with Gasteiger partial charge in [0.1, 0.15) is 0 Å². The highest BCUT2D eigenvalue weighted by molar-refractivity contribution is 5.65. The summed E-state index contributed by atoms with van der Waals surface area (Å²) in [6.07, 6.45) is 9.15. The molecule has 0 saturated heterocycles. The third kappa shape index (κ3) is 1.40. The Morgan fingerprint density at radius 3 is 2.89 bits per heavy atom. The predicted molar refractivity (Wildman–Crippen MR) is 77.8 cm³/mol. The number of anilines is 1. The van der Waals surface area contributed by atoms with E-state index in [1.807, 2.05) is 0 Å². The molecule has 1 nitrogen and oxygen atoms in total. The van der Waals surface area contributed by atoms with Crippen molar-refractivity contribution in [2.24, 2.45) is 5.92 Å². The lowest BCUT2D eigenvalue weighted by Crippen LogP contribution is -2.43. The first-order valence-electron chi connectivity index (χ1n) is 6.88. The zero-order valence-corrected chi connectivity index (χ0v) is 11.5. The van der Waals surface area contributed by atoms with Crippen molar-refractivity contribution in [2.45, 2.75) is 32.1 Å². The van der Waals surface area contributed by atoms with Crippen LogP contribution in [0.15, 0.2) is 48.2 Å². The first kappa shape index (κ1) is 11.6. The highest BCUT2D eigenvalue weighted by Gasteiger charge is 2.43. The fraction of sp³-hybridized carbons (Fsp3) is 0.412. The molecule has 3 rings (SSSR count). The molecule has 0 saturated carbocycles. The quantitative estimate of drug-likeness (QED) is 0.707. The van der Waals surface area contributed by atoms with E-state index in [1.165, 1.54) is 23.4 Å². The van der Waals surface area contributed by atoms with E-state index in [0.717, 1.165) is 6.42 Å². The Bertz CT molecular complexity index is 526. The van der Waals surface area contributed by atoms with Crippen LogP contribution < -0.4 is 4.90 Å². The maximum Gasteiger partial charge on any atom is 0.0444 e. The molecule has 0 bridgehead atoms. The van der Waals surface area contributed by atoms with Crippen molar-refractivity contribution in [1.29, 1.82) is 0 Å². The molecule has 0 amide bonds. The van der Waals surface area contributed by atoms with Crippen LogP contribution in [0.25, 0.3) is 0 Å². The molecular formula is C17H21N. The second-order valence-electron chi connectivity index (χ2n) is 5.66. The van der Waals surface area contributed by atoms with Crippen molar-refractivity contribution in [3.05, 3.63) is 53.8 Å². The second-order valence-corrected chi connectivity index (χ2v) is 5.66. The Labute approximate surface area is 110 Å². The Hall–Kier alpha value is -1.50. The van der Waals surface area contributed by atoms with Gasteiger partial charge < -0.3 is 4.90 Å². The van der Waals surface area contributed by atoms with Gasteiger partial charge >= 0.3 is 0 Å². The normalized spacial score (nSPS) is 29.6. The molecule has 2 unspecified atom stereocenters. The summed E-state index contributed by atoms with van der Waals surface area (Å²) >= 11 is 0. The molecule has 94 valence electrons. The molecule has 0 radical (unpaired) electrons. The van der Waals surface area contributed by atoms with Crippen molar-refractivity contribution in [1.82, 2.24) is 0 Å². The minimum atomic E-state index is 0.264. The summed E-state index contributed by atoms with van der Waals surface area (Å²) < 4.78 is 0. The van der Waals surface area contributed by atoms with Gasteiger partial charge in [-0.05, 0) is 30.5 Å². The van der Waals surface area contributed by atoms with Crippen LogP contribution in [0.4, 0.5) is 5.69 Å². The Morgan fingerprint density at radius 2 is 2.11 bits per heavy atom. The molecule has 1 heterocycles. The van der Waals surface area contributed by atoms with Gasteiger partial charge in [-0.3, -0.25) is 0 Å². The van der Waals surface area contributed by atoms with Crippen LogP contribution in [0.1, 0.15) is 32.3 Å². The fourth-order valence-corrected chi connectivity index (χ4v) is 3.56. The number of fused-ring (bicyclic) bond motifs is 2. The molecular weight excluding hydrogens is 218 g/mol. The number of hydrogen-bond acceptors (Lipinski definition) is 1. The summed E-state index contributed by atoms with van der Waals surface area (Å²) in [5.74, 6) is 0.618. The zero-order chi connectivity index (χ0) is 12.8. The molecule has 1 aromatic rings. The van der Waals surface area contributed by atoms with Crippen LogP contribution >= 0.6 is 0 Å². The molecule has 1 aliphatic heterocycles. The summed E-state index contributed by atoms with van der Waals surface area (Å²) in [5, 5.41) is 0. The van der Waals surface area contributed by atoms with E-state index >= 15 is 0 Å². The molecule has 0 N–H and O–H groups in total. The number of benzene rings is 1.